The van der Waals surface area contributed by atoms with Crippen molar-refractivity contribution in [1.82, 2.24) is 9.78 Å². The molecule has 1 aliphatic rings. The summed E-state index contributed by atoms with van der Waals surface area (Å²) in [5.74, 6) is -0.765. The molecule has 4 rings (SSSR count). The third-order valence-electron chi connectivity index (χ3n) is 5.44. The number of alkyl halides is 3. The Kier molecular flexibility index (Phi) is 7.68. The smallest absolute Gasteiger partial charge is 0.416 e. The number of benzene rings is 2. The molecule has 0 bridgehead atoms. The molecule has 2 aromatic carbocycles. The first kappa shape index (κ1) is 26.3. The van der Waals surface area contributed by atoms with E-state index in [1.54, 1.807) is 6.92 Å². The molecule has 11 heteroatoms. The highest BCUT2D eigenvalue weighted by atomic mass is 19.4. The van der Waals surface area contributed by atoms with Crippen LogP contribution in [-0.4, -0.2) is 35.2 Å². The monoisotopic (exact) mass is 499 g/mol. The summed E-state index contributed by atoms with van der Waals surface area (Å²) in [7, 11) is 1.41. The van der Waals surface area contributed by atoms with E-state index in [0.717, 1.165) is 12.1 Å². The SMILES string of the molecule is CC.COc1ccc(C(=O)Nc2cnn3c2C(=O)N(c2ccc(C(F)(F)F)cc2)CC3C)cc1C#N. The number of nitrogens with zero attached hydrogens (tertiary/aromatic N) is 4. The van der Waals surface area contributed by atoms with Gasteiger partial charge in [0, 0.05) is 17.8 Å². The number of anilines is 2. The molecule has 2 amide bonds. The number of fused-ring (bicyclic) bond motifs is 1. The Morgan fingerprint density at radius 2 is 1.86 bits per heavy atom. The fourth-order valence-electron chi connectivity index (χ4n) is 3.74. The van der Waals surface area contributed by atoms with Crippen LogP contribution in [-0.2, 0) is 6.18 Å². The lowest BCUT2D eigenvalue weighted by molar-refractivity contribution is -0.137. The van der Waals surface area contributed by atoms with Gasteiger partial charge >= 0.3 is 6.18 Å². The average molecular weight is 499 g/mol. The molecule has 0 aliphatic carbocycles. The summed E-state index contributed by atoms with van der Waals surface area (Å²) in [6.45, 7) is 5.99. The van der Waals surface area contributed by atoms with Gasteiger partial charge in [-0.05, 0) is 49.4 Å². The van der Waals surface area contributed by atoms with Crippen LogP contribution in [0.3, 0.4) is 0 Å². The minimum absolute atomic E-state index is 0.0982. The van der Waals surface area contributed by atoms with Crippen LogP contribution in [0, 0.1) is 11.3 Å². The predicted molar refractivity (Wildman–Crippen MR) is 127 cm³/mol. The number of hydrogen-bond acceptors (Lipinski definition) is 5. The van der Waals surface area contributed by atoms with Gasteiger partial charge in [0.25, 0.3) is 11.8 Å². The highest BCUT2D eigenvalue weighted by Crippen LogP contribution is 2.33. The highest BCUT2D eigenvalue weighted by Gasteiger charge is 2.35. The molecule has 0 spiro atoms. The minimum Gasteiger partial charge on any atom is -0.495 e. The maximum atomic E-state index is 13.3. The number of hydrogen-bond donors (Lipinski definition) is 1. The van der Waals surface area contributed by atoms with Crippen LogP contribution in [0.25, 0.3) is 0 Å². The molecule has 188 valence electrons. The lowest BCUT2D eigenvalue weighted by Gasteiger charge is -2.32. The van der Waals surface area contributed by atoms with Crippen molar-refractivity contribution in [2.45, 2.75) is 33.0 Å². The first-order valence-electron chi connectivity index (χ1n) is 11.1. The molecule has 2 heterocycles. The topological polar surface area (TPSA) is 100 Å². The van der Waals surface area contributed by atoms with E-state index in [1.165, 1.54) is 53.2 Å². The maximum absolute atomic E-state index is 13.3. The number of ether oxygens (including phenoxy) is 1. The number of carbonyl (C=O) groups excluding carboxylic acids is 2. The van der Waals surface area contributed by atoms with Crippen molar-refractivity contribution in [3.63, 3.8) is 0 Å². The number of carbonyl (C=O) groups is 2. The summed E-state index contributed by atoms with van der Waals surface area (Å²) in [5.41, 5.74) is 0.0683. The van der Waals surface area contributed by atoms with Crippen molar-refractivity contribution in [2.24, 2.45) is 0 Å². The summed E-state index contributed by atoms with van der Waals surface area (Å²) < 4.78 is 45.3. The minimum atomic E-state index is -4.49. The first-order valence-corrected chi connectivity index (χ1v) is 11.1. The largest absolute Gasteiger partial charge is 0.495 e. The Bertz CT molecular complexity index is 1310. The fourth-order valence-corrected chi connectivity index (χ4v) is 3.74. The first-order chi connectivity index (χ1) is 17.1. The van der Waals surface area contributed by atoms with Crippen LogP contribution in [0.4, 0.5) is 24.5 Å². The lowest BCUT2D eigenvalue weighted by Crippen LogP contribution is -2.43. The average Bonchev–Trinajstić information content (AvgIpc) is 3.31. The predicted octanol–water partition coefficient (Wildman–Crippen LogP) is 5.28. The molecule has 0 saturated carbocycles. The molecular weight excluding hydrogens is 475 g/mol. The zero-order chi connectivity index (χ0) is 26.6. The molecule has 1 aliphatic heterocycles. The van der Waals surface area contributed by atoms with Crippen LogP contribution in [0.1, 0.15) is 58.8 Å². The number of methoxy groups -OCH3 is 1. The quantitative estimate of drug-likeness (QED) is 0.526. The van der Waals surface area contributed by atoms with Gasteiger partial charge in [0.2, 0.25) is 0 Å². The van der Waals surface area contributed by atoms with Gasteiger partial charge in [0.15, 0.2) is 5.69 Å². The normalized spacial score (nSPS) is 14.8. The van der Waals surface area contributed by atoms with Gasteiger partial charge in [-0.3, -0.25) is 14.3 Å². The number of halogens is 3. The zero-order valence-corrected chi connectivity index (χ0v) is 20.1. The van der Waals surface area contributed by atoms with Crippen molar-refractivity contribution in [3.8, 4) is 11.8 Å². The lowest BCUT2D eigenvalue weighted by atomic mass is 10.1. The Hall–Kier alpha value is -4.33. The van der Waals surface area contributed by atoms with E-state index in [2.05, 4.69) is 10.4 Å². The van der Waals surface area contributed by atoms with Gasteiger partial charge in [-0.25, -0.2) is 0 Å². The number of aromatic nitrogens is 2. The molecule has 36 heavy (non-hydrogen) atoms. The molecule has 0 radical (unpaired) electrons. The third kappa shape index (κ3) is 5.02. The summed E-state index contributed by atoms with van der Waals surface area (Å²) in [6.07, 6.45) is -3.15. The van der Waals surface area contributed by atoms with Crippen LogP contribution in [0.2, 0.25) is 0 Å². The molecule has 1 N–H and O–H groups in total. The van der Waals surface area contributed by atoms with Crippen molar-refractivity contribution < 1.29 is 27.5 Å². The Morgan fingerprint density at radius 3 is 2.44 bits per heavy atom. The van der Waals surface area contributed by atoms with Crippen LogP contribution in [0.5, 0.6) is 5.75 Å². The Labute approximate surface area is 205 Å². The number of nitrogens with one attached hydrogen (secondary N) is 1. The number of rotatable bonds is 4. The van der Waals surface area contributed by atoms with Gasteiger partial charge in [-0.2, -0.15) is 23.5 Å². The van der Waals surface area contributed by atoms with Crippen molar-refractivity contribution in [2.75, 3.05) is 23.9 Å². The standard InChI is InChI=1S/C23H18F3N5O3.C2H6/c1-13-12-30(17-6-4-16(5-7-17)23(24,25)26)22(33)20-18(11-28-31(13)20)29-21(32)14-3-8-19(34-2)15(9-14)10-27;1-2/h3-9,11,13H,12H2,1-2H3,(H,29,32);1-2H3. The molecule has 0 fully saturated rings. The van der Waals surface area contributed by atoms with E-state index >= 15 is 0 Å². The zero-order valence-electron chi connectivity index (χ0n) is 20.1. The second kappa shape index (κ2) is 10.5. The van der Waals surface area contributed by atoms with Crippen molar-refractivity contribution in [1.29, 1.82) is 5.26 Å². The van der Waals surface area contributed by atoms with E-state index in [-0.39, 0.29) is 35.1 Å². The van der Waals surface area contributed by atoms with Crippen LogP contribution >= 0.6 is 0 Å². The van der Waals surface area contributed by atoms with E-state index in [9.17, 15) is 28.0 Å². The van der Waals surface area contributed by atoms with E-state index < -0.39 is 23.6 Å². The maximum Gasteiger partial charge on any atom is 0.416 e. The molecular formula is C25H24F3N5O3. The van der Waals surface area contributed by atoms with E-state index in [0.29, 0.717) is 11.4 Å². The molecule has 8 nitrogen and oxygen atoms in total. The van der Waals surface area contributed by atoms with E-state index in [1.807, 2.05) is 19.9 Å². The van der Waals surface area contributed by atoms with Gasteiger partial charge in [-0.1, -0.05) is 13.8 Å². The van der Waals surface area contributed by atoms with E-state index in [4.69, 9.17) is 4.74 Å². The van der Waals surface area contributed by atoms with Gasteiger partial charge < -0.3 is 15.0 Å². The number of amides is 2. The molecule has 3 aromatic rings. The van der Waals surface area contributed by atoms with Crippen LogP contribution in [0.15, 0.2) is 48.7 Å². The molecule has 1 aromatic heterocycles. The summed E-state index contributed by atoms with van der Waals surface area (Å²) in [5, 5.41) is 16.1. The highest BCUT2D eigenvalue weighted by molar-refractivity contribution is 6.13. The fraction of sp³-hybridized carbons (Fsp3) is 0.280. The second-order valence-electron chi connectivity index (χ2n) is 7.64. The third-order valence-corrected chi connectivity index (χ3v) is 5.44. The summed E-state index contributed by atoms with van der Waals surface area (Å²) in [4.78, 5) is 27.4. The van der Waals surface area contributed by atoms with Crippen molar-refractivity contribution >= 4 is 23.2 Å². The Morgan fingerprint density at radius 1 is 1.19 bits per heavy atom. The summed E-state index contributed by atoms with van der Waals surface area (Å²) >= 11 is 0. The molecule has 0 saturated heterocycles. The molecule has 1 unspecified atom stereocenters. The van der Waals surface area contributed by atoms with Gasteiger partial charge in [0.1, 0.15) is 11.8 Å². The van der Waals surface area contributed by atoms with Crippen molar-refractivity contribution in [3.05, 3.63) is 71.0 Å². The Balaban J connectivity index is 0.00000176. The van der Waals surface area contributed by atoms with Gasteiger partial charge in [0.05, 0.1) is 36.2 Å². The van der Waals surface area contributed by atoms with Crippen LogP contribution < -0.4 is 15.0 Å². The number of nitriles is 1. The van der Waals surface area contributed by atoms with Gasteiger partial charge in [-0.15, -0.1) is 0 Å². The summed E-state index contributed by atoms with van der Waals surface area (Å²) in [6, 6.07) is 10.3. The molecule has 1 atom stereocenters. The second-order valence-corrected chi connectivity index (χ2v) is 7.64.